The second-order valence-electron chi connectivity index (χ2n) is 7.18. The average molecular weight is 444 g/mol. The van der Waals surface area contributed by atoms with E-state index < -0.39 is 16.1 Å². The Morgan fingerprint density at radius 1 is 1.10 bits per heavy atom. The smallest absolute Gasteiger partial charge is 0.244 e. The summed E-state index contributed by atoms with van der Waals surface area (Å²) in [7, 11) is -0.989. The molecule has 0 saturated carbocycles. The first-order chi connectivity index (χ1) is 14.9. The lowest BCUT2D eigenvalue weighted by Crippen LogP contribution is -2.48. The number of carbonyl (C=O) groups is 1. The van der Waals surface area contributed by atoms with E-state index in [-0.39, 0.29) is 17.3 Å². The number of nitriles is 1. The van der Waals surface area contributed by atoms with Crippen molar-refractivity contribution in [2.75, 3.05) is 20.8 Å². The van der Waals surface area contributed by atoms with Gasteiger partial charge in [-0.3, -0.25) is 4.79 Å². The predicted molar refractivity (Wildman–Crippen MR) is 114 cm³/mol. The summed E-state index contributed by atoms with van der Waals surface area (Å²) in [4.78, 5) is 12.8. The Hall–Kier alpha value is -3.09. The number of methoxy groups -OCH3 is 2. The van der Waals surface area contributed by atoms with Crippen LogP contribution in [0.15, 0.2) is 47.4 Å². The van der Waals surface area contributed by atoms with Gasteiger partial charge in [0.2, 0.25) is 15.9 Å². The highest BCUT2D eigenvalue weighted by molar-refractivity contribution is 7.89. The molecule has 1 aliphatic rings. The molecular weight excluding hydrogens is 418 g/mol. The molecule has 1 heterocycles. The second-order valence-corrected chi connectivity index (χ2v) is 9.07. The standard InChI is InChI=1S/C22H25N3O5S/c1-29-20-11-8-17(13-21(20)30-2)15-25(19-5-3-4-12-24-22(19)26)31(27,28)18-9-6-16(14-23)7-10-18/h6-11,13,19H,3-5,12,15H2,1-2H3,(H,24,26). The molecule has 1 amide bonds. The van der Waals surface area contributed by atoms with Crippen LogP contribution in [0.1, 0.15) is 30.4 Å². The Morgan fingerprint density at radius 3 is 2.45 bits per heavy atom. The molecule has 9 heteroatoms. The van der Waals surface area contributed by atoms with Crippen LogP contribution in [-0.4, -0.2) is 45.4 Å². The summed E-state index contributed by atoms with van der Waals surface area (Å²) in [5.41, 5.74) is 1.02. The maximum absolute atomic E-state index is 13.6. The fraction of sp³-hybridized carbons (Fsp3) is 0.364. The first kappa shape index (κ1) is 22.6. The molecule has 1 saturated heterocycles. The number of hydrogen-bond donors (Lipinski definition) is 1. The van der Waals surface area contributed by atoms with Crippen LogP contribution in [0.5, 0.6) is 11.5 Å². The van der Waals surface area contributed by atoms with E-state index in [9.17, 15) is 13.2 Å². The maximum atomic E-state index is 13.6. The monoisotopic (exact) mass is 443 g/mol. The lowest BCUT2D eigenvalue weighted by Gasteiger charge is -2.29. The van der Waals surface area contributed by atoms with Crippen LogP contribution in [0.3, 0.4) is 0 Å². The maximum Gasteiger partial charge on any atom is 0.244 e. The highest BCUT2D eigenvalue weighted by atomic mass is 32.2. The average Bonchev–Trinajstić information content (AvgIpc) is 3.01. The summed E-state index contributed by atoms with van der Waals surface area (Å²) in [5.74, 6) is 0.691. The van der Waals surface area contributed by atoms with Crippen molar-refractivity contribution in [3.05, 3.63) is 53.6 Å². The largest absolute Gasteiger partial charge is 0.493 e. The minimum Gasteiger partial charge on any atom is -0.493 e. The molecule has 0 aliphatic carbocycles. The molecule has 3 rings (SSSR count). The first-order valence-corrected chi connectivity index (χ1v) is 11.4. The molecule has 0 aromatic heterocycles. The van der Waals surface area contributed by atoms with E-state index in [1.165, 1.54) is 42.8 Å². The van der Waals surface area contributed by atoms with Crippen LogP contribution in [0, 0.1) is 11.3 Å². The molecule has 8 nitrogen and oxygen atoms in total. The third-order valence-corrected chi connectivity index (χ3v) is 7.10. The van der Waals surface area contributed by atoms with E-state index in [4.69, 9.17) is 14.7 Å². The number of amides is 1. The summed E-state index contributed by atoms with van der Waals surface area (Å²) in [6.07, 6.45) is 1.95. The molecule has 0 bridgehead atoms. The zero-order valence-corrected chi connectivity index (χ0v) is 18.3. The van der Waals surface area contributed by atoms with Gasteiger partial charge in [-0.05, 0) is 61.2 Å². The Bertz CT molecular complexity index is 1080. The molecule has 2 aromatic carbocycles. The highest BCUT2D eigenvalue weighted by Crippen LogP contribution is 2.30. The molecule has 0 radical (unpaired) electrons. The Labute approximate surface area is 182 Å². The number of sulfonamides is 1. The SMILES string of the molecule is COc1ccc(CN(C2CCCCNC2=O)S(=O)(=O)c2ccc(C#N)cc2)cc1OC. The van der Waals surface area contributed by atoms with Gasteiger partial charge < -0.3 is 14.8 Å². The minimum absolute atomic E-state index is 0.0131. The summed E-state index contributed by atoms with van der Waals surface area (Å²) in [5, 5.41) is 11.8. The lowest BCUT2D eigenvalue weighted by atomic mass is 10.1. The fourth-order valence-electron chi connectivity index (χ4n) is 3.56. The van der Waals surface area contributed by atoms with Gasteiger partial charge in [0, 0.05) is 13.1 Å². The topological polar surface area (TPSA) is 109 Å². The van der Waals surface area contributed by atoms with Crippen LogP contribution >= 0.6 is 0 Å². The fourth-order valence-corrected chi connectivity index (χ4v) is 5.16. The van der Waals surface area contributed by atoms with Crippen LogP contribution < -0.4 is 14.8 Å². The molecule has 31 heavy (non-hydrogen) atoms. The number of rotatable bonds is 7. The minimum atomic E-state index is -4.02. The summed E-state index contributed by atoms with van der Waals surface area (Å²) >= 11 is 0. The van der Waals surface area contributed by atoms with Gasteiger partial charge in [-0.15, -0.1) is 0 Å². The zero-order valence-electron chi connectivity index (χ0n) is 17.5. The van der Waals surface area contributed by atoms with Crippen molar-refractivity contribution in [3.8, 4) is 17.6 Å². The molecular formula is C22H25N3O5S. The molecule has 0 spiro atoms. The Balaban J connectivity index is 2.04. The Kier molecular flexibility index (Phi) is 7.15. The number of hydrogen-bond acceptors (Lipinski definition) is 6. The van der Waals surface area contributed by atoms with Gasteiger partial charge in [-0.1, -0.05) is 6.07 Å². The van der Waals surface area contributed by atoms with Crippen LogP contribution in [0.25, 0.3) is 0 Å². The van der Waals surface area contributed by atoms with Crippen LogP contribution in [-0.2, 0) is 21.4 Å². The molecule has 1 N–H and O–H groups in total. The highest BCUT2D eigenvalue weighted by Gasteiger charge is 2.36. The van der Waals surface area contributed by atoms with Crippen LogP contribution in [0.4, 0.5) is 0 Å². The molecule has 1 aliphatic heterocycles. The number of benzene rings is 2. The molecule has 1 fully saturated rings. The normalized spacial score (nSPS) is 16.8. The van der Waals surface area contributed by atoms with E-state index >= 15 is 0 Å². The van der Waals surface area contributed by atoms with E-state index in [1.807, 2.05) is 6.07 Å². The van der Waals surface area contributed by atoms with Crippen molar-refractivity contribution in [1.82, 2.24) is 9.62 Å². The quantitative estimate of drug-likeness (QED) is 0.704. The lowest BCUT2D eigenvalue weighted by molar-refractivity contribution is -0.124. The van der Waals surface area contributed by atoms with Crippen molar-refractivity contribution >= 4 is 15.9 Å². The Morgan fingerprint density at radius 2 is 1.81 bits per heavy atom. The number of nitrogens with one attached hydrogen (secondary N) is 1. The number of carbonyl (C=O) groups excluding carboxylic acids is 1. The summed E-state index contributed by atoms with van der Waals surface area (Å²) in [6, 6.07) is 12.0. The van der Waals surface area contributed by atoms with Crippen molar-refractivity contribution in [2.24, 2.45) is 0 Å². The summed E-state index contributed by atoms with van der Waals surface area (Å²) in [6.45, 7) is 0.511. The number of nitrogens with zero attached hydrogens (tertiary/aromatic N) is 2. The third kappa shape index (κ3) is 4.98. The third-order valence-electron chi connectivity index (χ3n) is 5.23. The second kappa shape index (κ2) is 9.81. The molecule has 1 atom stereocenters. The molecule has 1 unspecified atom stereocenters. The van der Waals surface area contributed by atoms with E-state index in [1.54, 1.807) is 18.2 Å². The van der Waals surface area contributed by atoms with Crippen molar-refractivity contribution in [1.29, 1.82) is 5.26 Å². The van der Waals surface area contributed by atoms with Gasteiger partial charge in [0.05, 0.1) is 30.7 Å². The van der Waals surface area contributed by atoms with E-state index in [2.05, 4.69) is 5.32 Å². The van der Waals surface area contributed by atoms with Gasteiger partial charge in [-0.2, -0.15) is 9.57 Å². The van der Waals surface area contributed by atoms with Crippen LogP contribution in [0.2, 0.25) is 0 Å². The predicted octanol–water partition coefficient (Wildman–Crippen LogP) is 2.44. The number of ether oxygens (including phenoxy) is 2. The van der Waals surface area contributed by atoms with Gasteiger partial charge >= 0.3 is 0 Å². The van der Waals surface area contributed by atoms with Gasteiger partial charge in [-0.25, -0.2) is 8.42 Å². The summed E-state index contributed by atoms with van der Waals surface area (Å²) < 4.78 is 39.0. The van der Waals surface area contributed by atoms with E-state index in [0.29, 0.717) is 35.6 Å². The van der Waals surface area contributed by atoms with Gasteiger partial charge in [0.1, 0.15) is 6.04 Å². The molecule has 2 aromatic rings. The van der Waals surface area contributed by atoms with Crippen molar-refractivity contribution in [2.45, 2.75) is 36.7 Å². The van der Waals surface area contributed by atoms with Gasteiger partial charge in [0.25, 0.3) is 0 Å². The molecule has 164 valence electrons. The van der Waals surface area contributed by atoms with E-state index in [0.717, 1.165) is 12.8 Å². The van der Waals surface area contributed by atoms with Crippen molar-refractivity contribution < 1.29 is 22.7 Å². The first-order valence-electron chi connectivity index (χ1n) is 9.91. The van der Waals surface area contributed by atoms with Gasteiger partial charge in [0.15, 0.2) is 11.5 Å². The van der Waals surface area contributed by atoms with Crippen molar-refractivity contribution in [3.63, 3.8) is 0 Å². The zero-order chi connectivity index (χ0) is 22.4.